The number of nitrogens with zero attached hydrogens (tertiary/aromatic N) is 2. The zero-order chi connectivity index (χ0) is 14.3. The number of amides is 2. The number of rotatable bonds is 5. The fourth-order valence-corrected chi connectivity index (χ4v) is 1.67. The molecule has 0 bridgehead atoms. The molecule has 1 aliphatic heterocycles. The van der Waals surface area contributed by atoms with Crippen molar-refractivity contribution in [3.05, 3.63) is 0 Å². The Morgan fingerprint density at radius 3 is 2.16 bits per heavy atom. The summed E-state index contributed by atoms with van der Waals surface area (Å²) in [5, 5.41) is 8.38. The van der Waals surface area contributed by atoms with Gasteiger partial charge in [-0.2, -0.15) is 0 Å². The smallest absolute Gasteiger partial charge is 0.409 e. The summed E-state index contributed by atoms with van der Waals surface area (Å²) in [6, 6.07) is 0. The van der Waals surface area contributed by atoms with E-state index in [0.29, 0.717) is 32.8 Å². The first-order valence-corrected chi connectivity index (χ1v) is 6.03. The second-order valence-corrected chi connectivity index (χ2v) is 3.95. The molecule has 0 saturated carbocycles. The molecule has 0 aliphatic carbocycles. The average Bonchev–Trinajstić information content (AvgIpc) is 2.38. The minimum atomic E-state index is -1.11. The predicted octanol–water partition coefficient (Wildman–Crippen LogP) is -0.612. The number of ether oxygens (including phenoxy) is 2. The first kappa shape index (κ1) is 15.2. The molecule has 0 aromatic heterocycles. The molecule has 8 heteroatoms. The first-order valence-electron chi connectivity index (χ1n) is 6.03. The normalized spacial score (nSPS) is 15.2. The number of piperazine rings is 1. The van der Waals surface area contributed by atoms with Crippen LogP contribution in [0.4, 0.5) is 4.79 Å². The molecule has 0 atom stereocenters. The number of carboxylic acids is 1. The van der Waals surface area contributed by atoms with E-state index in [4.69, 9.17) is 14.6 Å². The Hall–Kier alpha value is -1.83. The van der Waals surface area contributed by atoms with Crippen LogP contribution in [0.3, 0.4) is 0 Å². The second kappa shape index (κ2) is 7.57. The van der Waals surface area contributed by atoms with Crippen molar-refractivity contribution in [3.8, 4) is 0 Å². The van der Waals surface area contributed by atoms with E-state index in [1.165, 1.54) is 9.80 Å². The van der Waals surface area contributed by atoms with Gasteiger partial charge in [-0.3, -0.25) is 4.79 Å². The number of carbonyl (C=O) groups is 3. The van der Waals surface area contributed by atoms with Gasteiger partial charge in [-0.1, -0.05) is 0 Å². The minimum absolute atomic E-state index is 0.258. The molecule has 108 valence electrons. The number of aliphatic carboxylic acids is 1. The van der Waals surface area contributed by atoms with Gasteiger partial charge < -0.3 is 24.4 Å². The van der Waals surface area contributed by atoms with Gasteiger partial charge in [0.2, 0.25) is 5.91 Å². The third-order valence-electron chi connectivity index (χ3n) is 2.61. The fourth-order valence-electron chi connectivity index (χ4n) is 1.67. The van der Waals surface area contributed by atoms with Crippen molar-refractivity contribution in [1.29, 1.82) is 0 Å². The van der Waals surface area contributed by atoms with Gasteiger partial charge in [0, 0.05) is 26.2 Å². The molecule has 1 rings (SSSR count). The number of carbonyl (C=O) groups excluding carboxylic acids is 2. The Balaban J connectivity index is 2.27. The number of hydrogen-bond acceptors (Lipinski definition) is 5. The Kier molecular flexibility index (Phi) is 6.07. The van der Waals surface area contributed by atoms with Crippen LogP contribution in [0.15, 0.2) is 0 Å². The van der Waals surface area contributed by atoms with E-state index in [2.05, 4.69) is 0 Å². The SMILES string of the molecule is CCOC(=O)N1CCN(C(=O)COCC(=O)O)CC1. The highest BCUT2D eigenvalue weighted by Gasteiger charge is 2.24. The Morgan fingerprint density at radius 1 is 1.05 bits per heavy atom. The van der Waals surface area contributed by atoms with Crippen molar-refractivity contribution < 1.29 is 29.0 Å². The standard InChI is InChI=1S/C11H18N2O6/c1-2-19-11(17)13-5-3-12(4-6-13)9(14)7-18-8-10(15)16/h2-8H2,1H3,(H,15,16). The van der Waals surface area contributed by atoms with E-state index in [-0.39, 0.29) is 18.6 Å². The van der Waals surface area contributed by atoms with Crippen LogP contribution < -0.4 is 0 Å². The van der Waals surface area contributed by atoms with E-state index < -0.39 is 12.6 Å². The molecule has 8 nitrogen and oxygen atoms in total. The van der Waals surface area contributed by atoms with Gasteiger partial charge in [-0.25, -0.2) is 9.59 Å². The maximum atomic E-state index is 11.7. The third-order valence-corrected chi connectivity index (χ3v) is 2.61. The highest BCUT2D eigenvalue weighted by atomic mass is 16.6. The molecule has 19 heavy (non-hydrogen) atoms. The summed E-state index contributed by atoms with van der Waals surface area (Å²) in [6.45, 7) is 2.91. The topological polar surface area (TPSA) is 96.4 Å². The quantitative estimate of drug-likeness (QED) is 0.718. The lowest BCUT2D eigenvalue weighted by atomic mass is 10.3. The van der Waals surface area contributed by atoms with Crippen LogP contribution in [0.25, 0.3) is 0 Å². The zero-order valence-electron chi connectivity index (χ0n) is 10.8. The second-order valence-electron chi connectivity index (χ2n) is 3.95. The number of hydrogen-bond donors (Lipinski definition) is 1. The molecule has 0 radical (unpaired) electrons. The van der Waals surface area contributed by atoms with Crippen LogP contribution in [-0.4, -0.2) is 78.9 Å². The average molecular weight is 274 g/mol. The minimum Gasteiger partial charge on any atom is -0.480 e. The van der Waals surface area contributed by atoms with Crippen LogP contribution >= 0.6 is 0 Å². The molecule has 2 amide bonds. The highest BCUT2D eigenvalue weighted by Crippen LogP contribution is 2.04. The lowest BCUT2D eigenvalue weighted by Gasteiger charge is -2.33. The Morgan fingerprint density at radius 2 is 1.63 bits per heavy atom. The lowest BCUT2D eigenvalue weighted by molar-refractivity contribution is -0.146. The summed E-state index contributed by atoms with van der Waals surface area (Å²) < 4.78 is 9.59. The van der Waals surface area contributed by atoms with Crippen molar-refractivity contribution in [2.45, 2.75) is 6.92 Å². The summed E-state index contributed by atoms with van der Waals surface area (Å²) >= 11 is 0. The summed E-state index contributed by atoms with van der Waals surface area (Å²) in [4.78, 5) is 36.4. The lowest BCUT2D eigenvalue weighted by Crippen LogP contribution is -2.51. The van der Waals surface area contributed by atoms with Crippen molar-refractivity contribution in [2.75, 3.05) is 46.0 Å². The van der Waals surface area contributed by atoms with E-state index in [1.54, 1.807) is 6.92 Å². The van der Waals surface area contributed by atoms with Crippen molar-refractivity contribution >= 4 is 18.0 Å². The summed E-state index contributed by atoms with van der Waals surface area (Å²) in [6.07, 6.45) is -0.378. The largest absolute Gasteiger partial charge is 0.480 e. The van der Waals surface area contributed by atoms with Crippen LogP contribution in [0.5, 0.6) is 0 Å². The van der Waals surface area contributed by atoms with E-state index in [0.717, 1.165) is 0 Å². The molecular formula is C11H18N2O6. The van der Waals surface area contributed by atoms with E-state index in [9.17, 15) is 14.4 Å². The molecule has 1 heterocycles. The molecule has 1 fully saturated rings. The molecule has 1 saturated heterocycles. The molecule has 0 unspecified atom stereocenters. The van der Waals surface area contributed by atoms with Crippen LogP contribution in [0.2, 0.25) is 0 Å². The van der Waals surface area contributed by atoms with E-state index >= 15 is 0 Å². The zero-order valence-corrected chi connectivity index (χ0v) is 10.8. The molecule has 1 N–H and O–H groups in total. The van der Waals surface area contributed by atoms with Gasteiger partial charge in [0.25, 0.3) is 0 Å². The van der Waals surface area contributed by atoms with Crippen LogP contribution in [-0.2, 0) is 19.1 Å². The van der Waals surface area contributed by atoms with Gasteiger partial charge >= 0.3 is 12.1 Å². The van der Waals surface area contributed by atoms with Gasteiger partial charge in [-0.15, -0.1) is 0 Å². The predicted molar refractivity (Wildman–Crippen MR) is 63.6 cm³/mol. The van der Waals surface area contributed by atoms with Crippen LogP contribution in [0, 0.1) is 0 Å². The third kappa shape index (κ3) is 5.12. The van der Waals surface area contributed by atoms with Gasteiger partial charge in [0.1, 0.15) is 13.2 Å². The summed E-state index contributed by atoms with van der Waals surface area (Å²) in [5.41, 5.74) is 0. The molecule has 1 aliphatic rings. The Labute approximate surface area is 110 Å². The molecule has 0 spiro atoms. The Bertz CT molecular complexity index is 338. The van der Waals surface area contributed by atoms with Gasteiger partial charge in [-0.05, 0) is 6.92 Å². The molecule has 0 aromatic rings. The maximum absolute atomic E-state index is 11.7. The summed E-state index contributed by atoms with van der Waals surface area (Å²) in [5.74, 6) is -1.38. The number of carboxylic acid groups (broad SMARTS) is 1. The molecule has 0 aromatic carbocycles. The first-order chi connectivity index (χ1) is 9.04. The molecular weight excluding hydrogens is 256 g/mol. The maximum Gasteiger partial charge on any atom is 0.409 e. The van der Waals surface area contributed by atoms with Crippen molar-refractivity contribution in [3.63, 3.8) is 0 Å². The van der Waals surface area contributed by atoms with Gasteiger partial charge in [0.05, 0.1) is 6.61 Å². The van der Waals surface area contributed by atoms with E-state index in [1.807, 2.05) is 0 Å². The monoisotopic (exact) mass is 274 g/mol. The highest BCUT2D eigenvalue weighted by molar-refractivity contribution is 5.78. The van der Waals surface area contributed by atoms with Crippen LogP contribution in [0.1, 0.15) is 6.92 Å². The van der Waals surface area contributed by atoms with Gasteiger partial charge in [0.15, 0.2) is 0 Å². The van der Waals surface area contributed by atoms with Crippen molar-refractivity contribution in [1.82, 2.24) is 9.80 Å². The fraction of sp³-hybridized carbons (Fsp3) is 0.727. The van der Waals surface area contributed by atoms with Crippen molar-refractivity contribution in [2.24, 2.45) is 0 Å². The summed E-state index contributed by atoms with van der Waals surface area (Å²) in [7, 11) is 0.